The number of amides is 2. The summed E-state index contributed by atoms with van der Waals surface area (Å²) in [6.07, 6.45) is 3.59. The molecule has 34 heavy (non-hydrogen) atoms. The average molecular weight is 465 g/mol. The van der Waals surface area contributed by atoms with Crippen LogP contribution in [0, 0.1) is 5.92 Å². The van der Waals surface area contributed by atoms with Crippen LogP contribution in [0.4, 0.5) is 4.79 Å². The Morgan fingerprint density at radius 2 is 1.59 bits per heavy atom. The minimum Gasteiger partial charge on any atom is -0.481 e. The van der Waals surface area contributed by atoms with E-state index in [0.29, 0.717) is 19.3 Å². The van der Waals surface area contributed by atoms with E-state index in [4.69, 9.17) is 4.74 Å². The highest BCUT2D eigenvalue weighted by atomic mass is 16.5. The Hall–Kier alpha value is -3.35. The van der Waals surface area contributed by atoms with E-state index in [1.807, 2.05) is 24.3 Å². The zero-order chi connectivity index (χ0) is 24.1. The molecule has 1 fully saturated rings. The number of carboxylic acid groups (broad SMARTS) is 1. The van der Waals surface area contributed by atoms with Gasteiger partial charge in [0.2, 0.25) is 5.91 Å². The highest BCUT2D eigenvalue weighted by Gasteiger charge is 2.33. The van der Waals surface area contributed by atoms with Crippen molar-refractivity contribution in [3.05, 3.63) is 59.7 Å². The molecule has 0 aliphatic heterocycles. The standard InChI is InChI=1S/C27H32N2O5/c1-2-23(25(30)28-24-15-5-3-4-14-21(24)26(31)32)29-27(33)34-16-22-19-12-8-6-10-17(19)18-11-7-9-13-20(18)22/h6-13,21-24H,2-5,14-16H2,1H3,(H,28,30)(H,29,33)(H,31,32)/t21-,23+,24+/m0/s1. The average Bonchev–Trinajstić information content (AvgIpc) is 2.97. The van der Waals surface area contributed by atoms with Gasteiger partial charge in [0.15, 0.2) is 0 Å². The van der Waals surface area contributed by atoms with E-state index in [0.717, 1.165) is 41.5 Å². The first-order valence-corrected chi connectivity index (χ1v) is 12.1. The minimum atomic E-state index is -0.884. The minimum absolute atomic E-state index is 0.0608. The van der Waals surface area contributed by atoms with Gasteiger partial charge in [-0.3, -0.25) is 9.59 Å². The lowest BCUT2D eigenvalue weighted by Gasteiger charge is -2.25. The van der Waals surface area contributed by atoms with Crippen LogP contribution in [-0.4, -0.2) is 41.8 Å². The fourth-order valence-electron chi connectivity index (χ4n) is 5.19. The van der Waals surface area contributed by atoms with Crippen molar-refractivity contribution in [2.24, 2.45) is 5.92 Å². The predicted octanol–water partition coefficient (Wildman–Crippen LogP) is 4.45. The summed E-state index contributed by atoms with van der Waals surface area (Å²) in [6.45, 7) is 1.97. The molecule has 3 atom stereocenters. The maximum absolute atomic E-state index is 12.9. The van der Waals surface area contributed by atoms with Gasteiger partial charge in [-0.15, -0.1) is 0 Å². The topological polar surface area (TPSA) is 105 Å². The second kappa shape index (κ2) is 10.7. The van der Waals surface area contributed by atoms with E-state index in [1.165, 1.54) is 0 Å². The second-order valence-corrected chi connectivity index (χ2v) is 9.13. The molecule has 0 heterocycles. The number of nitrogens with one attached hydrogen (secondary N) is 2. The molecule has 2 aromatic carbocycles. The van der Waals surface area contributed by atoms with Crippen LogP contribution in [0.3, 0.4) is 0 Å². The first-order chi connectivity index (χ1) is 16.5. The molecule has 2 amide bonds. The number of carbonyl (C=O) groups is 3. The lowest BCUT2D eigenvalue weighted by Crippen LogP contribution is -2.52. The third-order valence-electron chi connectivity index (χ3n) is 7.02. The predicted molar refractivity (Wildman–Crippen MR) is 128 cm³/mol. The van der Waals surface area contributed by atoms with Gasteiger partial charge in [0, 0.05) is 12.0 Å². The maximum atomic E-state index is 12.9. The molecule has 0 saturated heterocycles. The van der Waals surface area contributed by atoms with Gasteiger partial charge < -0.3 is 20.5 Å². The van der Waals surface area contributed by atoms with Gasteiger partial charge in [0.05, 0.1) is 5.92 Å². The van der Waals surface area contributed by atoms with Crippen molar-refractivity contribution in [1.29, 1.82) is 0 Å². The molecule has 7 heteroatoms. The SMILES string of the molecule is CC[C@@H](NC(=O)OCC1c2ccccc2-c2ccccc21)C(=O)N[C@@H]1CCCCC[C@@H]1C(=O)O. The number of hydrogen-bond donors (Lipinski definition) is 3. The van der Waals surface area contributed by atoms with Crippen molar-refractivity contribution in [3.8, 4) is 11.1 Å². The van der Waals surface area contributed by atoms with Crippen LogP contribution in [0.25, 0.3) is 11.1 Å². The van der Waals surface area contributed by atoms with Gasteiger partial charge in [-0.1, -0.05) is 74.7 Å². The summed E-state index contributed by atoms with van der Waals surface area (Å²) in [6, 6.07) is 15.0. The molecule has 180 valence electrons. The lowest BCUT2D eigenvalue weighted by molar-refractivity contribution is -0.143. The van der Waals surface area contributed by atoms with Crippen molar-refractivity contribution >= 4 is 18.0 Å². The molecule has 3 N–H and O–H groups in total. The van der Waals surface area contributed by atoms with Crippen LogP contribution in [0.15, 0.2) is 48.5 Å². The normalized spacial score (nSPS) is 20.4. The third kappa shape index (κ3) is 5.08. The molecule has 0 bridgehead atoms. The van der Waals surface area contributed by atoms with Gasteiger partial charge in [-0.05, 0) is 41.5 Å². The molecule has 1 saturated carbocycles. The number of fused-ring (bicyclic) bond motifs is 3. The van der Waals surface area contributed by atoms with Crippen LogP contribution in [-0.2, 0) is 14.3 Å². The Kier molecular flexibility index (Phi) is 7.50. The number of ether oxygens (including phenoxy) is 1. The highest BCUT2D eigenvalue weighted by Crippen LogP contribution is 2.44. The maximum Gasteiger partial charge on any atom is 0.407 e. The molecule has 0 unspecified atom stereocenters. The molecule has 0 radical (unpaired) electrons. The quantitative estimate of drug-likeness (QED) is 0.525. The number of aliphatic carboxylic acids is 1. The first kappa shape index (κ1) is 23.8. The fourth-order valence-corrected chi connectivity index (χ4v) is 5.19. The van der Waals surface area contributed by atoms with E-state index >= 15 is 0 Å². The molecular formula is C27H32N2O5. The largest absolute Gasteiger partial charge is 0.481 e. The highest BCUT2D eigenvalue weighted by molar-refractivity contribution is 5.86. The molecule has 4 rings (SSSR count). The molecule has 2 aromatic rings. The Bertz CT molecular complexity index is 1010. The summed E-state index contributed by atoms with van der Waals surface area (Å²) in [4.78, 5) is 37.1. The Morgan fingerprint density at radius 3 is 2.21 bits per heavy atom. The van der Waals surface area contributed by atoms with Gasteiger partial charge in [-0.2, -0.15) is 0 Å². The Morgan fingerprint density at radius 1 is 0.971 bits per heavy atom. The van der Waals surface area contributed by atoms with Gasteiger partial charge in [-0.25, -0.2) is 4.79 Å². The van der Waals surface area contributed by atoms with E-state index in [1.54, 1.807) is 6.92 Å². The number of rotatable bonds is 7. The number of alkyl carbamates (subject to hydrolysis) is 1. The van der Waals surface area contributed by atoms with Gasteiger partial charge >= 0.3 is 12.1 Å². The molecule has 7 nitrogen and oxygen atoms in total. The molecule has 0 aromatic heterocycles. The fraction of sp³-hybridized carbons (Fsp3) is 0.444. The Labute approximate surface area is 199 Å². The second-order valence-electron chi connectivity index (χ2n) is 9.13. The molecule has 0 spiro atoms. The summed E-state index contributed by atoms with van der Waals surface area (Å²) in [7, 11) is 0. The zero-order valence-electron chi connectivity index (χ0n) is 19.5. The van der Waals surface area contributed by atoms with Crippen molar-refractivity contribution < 1.29 is 24.2 Å². The summed E-state index contributed by atoms with van der Waals surface area (Å²) < 4.78 is 5.57. The van der Waals surface area contributed by atoms with Crippen LogP contribution in [0.5, 0.6) is 0 Å². The van der Waals surface area contributed by atoms with Crippen molar-refractivity contribution in [1.82, 2.24) is 10.6 Å². The number of carboxylic acids is 1. The summed E-state index contributed by atoms with van der Waals surface area (Å²) in [5.41, 5.74) is 4.53. The van der Waals surface area contributed by atoms with Gasteiger partial charge in [0.1, 0.15) is 12.6 Å². The van der Waals surface area contributed by atoms with Crippen LogP contribution in [0.1, 0.15) is 62.5 Å². The number of carbonyl (C=O) groups excluding carboxylic acids is 2. The monoisotopic (exact) mass is 464 g/mol. The third-order valence-corrected chi connectivity index (χ3v) is 7.02. The number of benzene rings is 2. The zero-order valence-corrected chi connectivity index (χ0v) is 19.5. The summed E-state index contributed by atoms with van der Waals surface area (Å²) in [5.74, 6) is -1.91. The van der Waals surface area contributed by atoms with E-state index in [9.17, 15) is 19.5 Å². The van der Waals surface area contributed by atoms with Crippen LogP contribution in [0.2, 0.25) is 0 Å². The number of hydrogen-bond acceptors (Lipinski definition) is 4. The van der Waals surface area contributed by atoms with E-state index in [-0.39, 0.29) is 18.4 Å². The van der Waals surface area contributed by atoms with Crippen molar-refractivity contribution in [2.45, 2.75) is 63.5 Å². The summed E-state index contributed by atoms with van der Waals surface area (Å²) in [5, 5.41) is 15.1. The lowest BCUT2D eigenvalue weighted by atomic mass is 9.94. The van der Waals surface area contributed by atoms with E-state index in [2.05, 4.69) is 34.9 Å². The van der Waals surface area contributed by atoms with Crippen molar-refractivity contribution in [2.75, 3.05) is 6.61 Å². The molecule has 2 aliphatic carbocycles. The Balaban J connectivity index is 1.36. The first-order valence-electron chi connectivity index (χ1n) is 12.1. The van der Waals surface area contributed by atoms with Gasteiger partial charge in [0.25, 0.3) is 0 Å². The molecular weight excluding hydrogens is 432 g/mol. The molecule has 2 aliphatic rings. The van der Waals surface area contributed by atoms with E-state index < -0.39 is 30.1 Å². The van der Waals surface area contributed by atoms with Crippen LogP contribution < -0.4 is 10.6 Å². The smallest absolute Gasteiger partial charge is 0.407 e. The summed E-state index contributed by atoms with van der Waals surface area (Å²) >= 11 is 0. The van der Waals surface area contributed by atoms with Crippen molar-refractivity contribution in [3.63, 3.8) is 0 Å². The van der Waals surface area contributed by atoms with Crippen LogP contribution >= 0.6 is 0 Å².